The molecule has 1 aliphatic rings. The number of nitrogens with zero attached hydrogens (tertiary/aromatic N) is 6. The van der Waals surface area contributed by atoms with Crippen LogP contribution >= 0.6 is 0 Å². The minimum absolute atomic E-state index is 0.000824. The molecule has 0 saturated heterocycles. The van der Waals surface area contributed by atoms with E-state index in [4.69, 9.17) is 5.73 Å². The maximum absolute atomic E-state index is 13.2. The first-order chi connectivity index (χ1) is 16.2. The minimum Gasteiger partial charge on any atom is -0.378 e. The van der Waals surface area contributed by atoms with Crippen LogP contribution in [0.3, 0.4) is 0 Å². The van der Waals surface area contributed by atoms with Crippen LogP contribution in [0.2, 0.25) is 0 Å². The molecule has 0 unspecified atom stereocenters. The minimum atomic E-state index is -0.473. The van der Waals surface area contributed by atoms with Gasteiger partial charge in [0.15, 0.2) is 5.69 Å². The normalized spacial score (nSPS) is 15.9. The van der Waals surface area contributed by atoms with Crippen LogP contribution in [0, 0.1) is 0 Å². The fraction of sp³-hybridized carbons (Fsp3) is 0.217. The fourth-order valence-corrected chi connectivity index (χ4v) is 4.07. The summed E-state index contributed by atoms with van der Waals surface area (Å²) >= 11 is 0. The number of anilines is 1. The number of nitrogens with one attached hydrogen (secondary N) is 1. The van der Waals surface area contributed by atoms with E-state index in [1.54, 1.807) is 0 Å². The third-order valence-electron chi connectivity index (χ3n) is 5.78. The molecule has 0 bridgehead atoms. The largest absolute Gasteiger partial charge is 0.378 e. The highest BCUT2D eigenvalue weighted by molar-refractivity contribution is 5.99. The number of hydrogen-bond donors (Lipinski definition) is 2. The monoisotopic (exact) mass is 442 g/mol. The van der Waals surface area contributed by atoms with Gasteiger partial charge in [0.25, 0.3) is 5.91 Å². The Bertz CT molecular complexity index is 1270. The van der Waals surface area contributed by atoms with Crippen molar-refractivity contribution in [3.8, 4) is 17.1 Å². The number of nitrogen functional groups attached to an aromatic ring is 1. The Morgan fingerprint density at radius 3 is 2.39 bits per heavy atom. The predicted molar refractivity (Wildman–Crippen MR) is 122 cm³/mol. The molecule has 5 rings (SSSR count). The van der Waals surface area contributed by atoms with Gasteiger partial charge in [-0.1, -0.05) is 65.9 Å². The molecule has 1 saturated carbocycles. The van der Waals surface area contributed by atoms with Gasteiger partial charge in [0, 0.05) is 11.3 Å². The van der Waals surface area contributed by atoms with Crippen molar-refractivity contribution >= 4 is 17.4 Å². The highest BCUT2D eigenvalue weighted by Crippen LogP contribution is 2.31. The summed E-state index contributed by atoms with van der Waals surface area (Å²) in [5.41, 5.74) is 12.0. The second kappa shape index (κ2) is 9.03. The summed E-state index contributed by atoms with van der Waals surface area (Å²) in [5, 5.41) is 20.0. The Balaban J connectivity index is 1.37. The average molecular weight is 442 g/mol. The van der Waals surface area contributed by atoms with Gasteiger partial charge in [-0.15, -0.1) is 5.10 Å². The summed E-state index contributed by atoms with van der Waals surface area (Å²) in [4.78, 5) is 13.2. The van der Waals surface area contributed by atoms with E-state index in [9.17, 15) is 4.79 Å². The molecule has 10 heteroatoms. The van der Waals surface area contributed by atoms with E-state index < -0.39 is 5.91 Å². The van der Waals surface area contributed by atoms with Crippen LogP contribution < -0.4 is 11.2 Å². The topological polar surface area (TPSA) is 137 Å². The summed E-state index contributed by atoms with van der Waals surface area (Å²) in [7, 11) is 0. The molecule has 1 fully saturated rings. The molecule has 2 heterocycles. The van der Waals surface area contributed by atoms with Crippen molar-refractivity contribution in [3.05, 3.63) is 71.9 Å². The standard InChI is InChI=1S/C23H22N8O2/c24-21-22(29-33-28-21)31-20(19(26-30-31)17-9-5-2-6-10-17)23(32)27-25-18-13-11-16(12-14-18)15-7-3-1-4-8-15/h1-10,16H,11-14H2,(H2,24,28)(H,27,32). The highest BCUT2D eigenvalue weighted by Gasteiger charge is 2.26. The molecule has 10 nitrogen and oxygen atoms in total. The van der Waals surface area contributed by atoms with Crippen LogP contribution in [-0.2, 0) is 0 Å². The second-order valence-electron chi connectivity index (χ2n) is 7.84. The Morgan fingerprint density at radius 2 is 1.73 bits per heavy atom. The lowest BCUT2D eigenvalue weighted by atomic mass is 9.83. The molecule has 1 amide bonds. The molecule has 0 spiro atoms. The van der Waals surface area contributed by atoms with Gasteiger partial charge < -0.3 is 5.73 Å². The Labute approximate surface area is 189 Å². The van der Waals surface area contributed by atoms with E-state index >= 15 is 0 Å². The van der Waals surface area contributed by atoms with Gasteiger partial charge >= 0.3 is 0 Å². The van der Waals surface area contributed by atoms with E-state index in [0.717, 1.165) is 37.0 Å². The van der Waals surface area contributed by atoms with Crippen molar-refractivity contribution < 1.29 is 9.42 Å². The quantitative estimate of drug-likeness (QED) is 0.452. The zero-order valence-corrected chi connectivity index (χ0v) is 17.8. The summed E-state index contributed by atoms with van der Waals surface area (Å²) in [5.74, 6) is 0.128. The van der Waals surface area contributed by atoms with E-state index in [1.807, 2.05) is 36.4 Å². The number of carbonyl (C=O) groups excluding carboxylic acids is 1. The van der Waals surface area contributed by atoms with Crippen molar-refractivity contribution in [3.63, 3.8) is 0 Å². The molecular weight excluding hydrogens is 420 g/mol. The van der Waals surface area contributed by atoms with Gasteiger partial charge in [-0.3, -0.25) is 4.79 Å². The van der Waals surface area contributed by atoms with Crippen LogP contribution in [0.15, 0.2) is 70.4 Å². The van der Waals surface area contributed by atoms with E-state index in [-0.39, 0.29) is 17.3 Å². The Hall–Kier alpha value is -4.34. The van der Waals surface area contributed by atoms with E-state index in [1.165, 1.54) is 10.2 Å². The number of aromatic nitrogens is 5. The third kappa shape index (κ3) is 4.22. The smallest absolute Gasteiger partial charge is 0.292 e. The van der Waals surface area contributed by atoms with Gasteiger partial charge in [0.05, 0.1) is 0 Å². The van der Waals surface area contributed by atoms with E-state index in [2.05, 4.69) is 60.0 Å². The first-order valence-corrected chi connectivity index (χ1v) is 10.7. The Morgan fingerprint density at radius 1 is 1.03 bits per heavy atom. The summed E-state index contributed by atoms with van der Waals surface area (Å²) in [6.07, 6.45) is 3.63. The molecule has 0 atom stereocenters. The molecule has 4 aromatic rings. The zero-order chi connectivity index (χ0) is 22.6. The van der Waals surface area contributed by atoms with Crippen LogP contribution in [0.4, 0.5) is 5.82 Å². The number of carbonyl (C=O) groups is 1. The first-order valence-electron chi connectivity index (χ1n) is 10.7. The summed E-state index contributed by atoms with van der Waals surface area (Å²) in [6, 6.07) is 19.8. The van der Waals surface area contributed by atoms with Crippen LogP contribution in [0.1, 0.15) is 47.7 Å². The number of amides is 1. The molecular formula is C23H22N8O2. The van der Waals surface area contributed by atoms with Gasteiger partial charge in [0.1, 0.15) is 5.69 Å². The van der Waals surface area contributed by atoms with Gasteiger partial charge in [-0.25, -0.2) is 10.1 Å². The van der Waals surface area contributed by atoms with Crippen molar-refractivity contribution in [1.29, 1.82) is 0 Å². The van der Waals surface area contributed by atoms with Crippen LogP contribution in [-0.4, -0.2) is 36.9 Å². The van der Waals surface area contributed by atoms with Crippen LogP contribution in [0.25, 0.3) is 17.1 Å². The lowest BCUT2D eigenvalue weighted by Gasteiger charge is -2.23. The van der Waals surface area contributed by atoms with Gasteiger partial charge in [-0.05, 0) is 47.5 Å². The van der Waals surface area contributed by atoms with Gasteiger partial charge in [0.2, 0.25) is 11.6 Å². The van der Waals surface area contributed by atoms with Crippen molar-refractivity contribution in [1.82, 2.24) is 30.7 Å². The maximum atomic E-state index is 13.2. The second-order valence-corrected chi connectivity index (χ2v) is 7.84. The molecule has 2 aromatic heterocycles. The van der Waals surface area contributed by atoms with Crippen LogP contribution in [0.5, 0.6) is 0 Å². The fourth-order valence-electron chi connectivity index (χ4n) is 4.07. The molecule has 166 valence electrons. The number of rotatable bonds is 5. The summed E-state index contributed by atoms with van der Waals surface area (Å²) < 4.78 is 5.90. The number of hydrazone groups is 1. The SMILES string of the molecule is Nc1nonc1-n1nnc(-c2ccccc2)c1C(=O)NN=C1CCC(c2ccccc2)CC1. The van der Waals surface area contributed by atoms with Crippen molar-refractivity contribution in [2.45, 2.75) is 31.6 Å². The lowest BCUT2D eigenvalue weighted by Crippen LogP contribution is -2.25. The molecule has 2 aromatic carbocycles. The molecule has 33 heavy (non-hydrogen) atoms. The number of benzene rings is 2. The number of nitrogens with two attached hydrogens (primary N) is 1. The molecule has 3 N–H and O–H groups in total. The lowest BCUT2D eigenvalue weighted by molar-refractivity contribution is 0.0947. The number of hydrogen-bond acceptors (Lipinski definition) is 8. The van der Waals surface area contributed by atoms with Crippen molar-refractivity contribution in [2.24, 2.45) is 5.10 Å². The van der Waals surface area contributed by atoms with E-state index in [0.29, 0.717) is 11.6 Å². The third-order valence-corrected chi connectivity index (χ3v) is 5.78. The predicted octanol–water partition coefficient (Wildman–Crippen LogP) is 3.34. The highest BCUT2D eigenvalue weighted by atomic mass is 16.6. The van der Waals surface area contributed by atoms with Gasteiger partial charge in [-0.2, -0.15) is 9.78 Å². The summed E-state index contributed by atoms with van der Waals surface area (Å²) in [6.45, 7) is 0. The van der Waals surface area contributed by atoms with Crippen molar-refractivity contribution in [2.75, 3.05) is 5.73 Å². The zero-order valence-electron chi connectivity index (χ0n) is 17.8. The molecule has 0 radical (unpaired) electrons. The Kier molecular flexibility index (Phi) is 5.62. The average Bonchev–Trinajstić information content (AvgIpc) is 3.50. The maximum Gasteiger partial charge on any atom is 0.292 e. The molecule has 0 aliphatic heterocycles. The molecule has 1 aliphatic carbocycles. The first kappa shape index (κ1) is 20.6.